The smallest absolute Gasteiger partial charge is 0.227 e. The molecule has 3 saturated heterocycles. The topological polar surface area (TPSA) is 42.0 Å². The van der Waals surface area contributed by atoms with Gasteiger partial charge in [0.2, 0.25) is 5.91 Å². The van der Waals surface area contributed by atoms with Crippen molar-refractivity contribution in [2.24, 2.45) is 5.92 Å². The van der Waals surface area contributed by atoms with Crippen LogP contribution >= 0.6 is 0 Å². The second kappa shape index (κ2) is 8.07. The summed E-state index contributed by atoms with van der Waals surface area (Å²) in [5, 5.41) is 0. The van der Waals surface area contributed by atoms with Crippen molar-refractivity contribution in [1.29, 1.82) is 0 Å². The van der Waals surface area contributed by atoms with E-state index in [1.807, 2.05) is 35.2 Å². The highest BCUT2D eigenvalue weighted by Gasteiger charge is 2.44. The summed E-state index contributed by atoms with van der Waals surface area (Å²) in [7, 11) is 0. The van der Waals surface area contributed by atoms with E-state index < -0.39 is 0 Å². The summed E-state index contributed by atoms with van der Waals surface area (Å²) in [6, 6.07) is 10.0. The Morgan fingerprint density at radius 1 is 1.15 bits per heavy atom. The first-order chi connectivity index (χ1) is 12.7. The number of carbonyl (C=O) groups excluding carboxylic acids is 1. The van der Waals surface area contributed by atoms with Crippen LogP contribution in [-0.4, -0.2) is 73.9 Å². The first-order valence-electron chi connectivity index (χ1n) is 9.98. The molecule has 5 heteroatoms. The van der Waals surface area contributed by atoms with E-state index in [1.54, 1.807) is 0 Å². The summed E-state index contributed by atoms with van der Waals surface area (Å²) in [6.45, 7) is 7.32. The third-order valence-corrected chi connectivity index (χ3v) is 6.00. The molecule has 0 N–H and O–H groups in total. The van der Waals surface area contributed by atoms with Gasteiger partial charge in [-0.15, -0.1) is 0 Å². The van der Waals surface area contributed by atoms with Crippen molar-refractivity contribution < 1.29 is 14.3 Å². The van der Waals surface area contributed by atoms with Crippen LogP contribution in [0.25, 0.3) is 0 Å². The number of nitrogens with zero attached hydrogens (tertiary/aromatic N) is 2. The van der Waals surface area contributed by atoms with Crippen molar-refractivity contribution in [3.05, 3.63) is 35.9 Å². The summed E-state index contributed by atoms with van der Waals surface area (Å²) in [6.07, 6.45) is 3.71. The van der Waals surface area contributed by atoms with Gasteiger partial charge in [0.25, 0.3) is 0 Å². The molecular formula is C21H30N2O3. The molecule has 0 aromatic heterocycles. The minimum Gasteiger partial charge on any atom is -0.379 e. The van der Waals surface area contributed by atoms with Crippen LogP contribution in [0.3, 0.4) is 0 Å². The number of ether oxygens (including phenoxy) is 2. The summed E-state index contributed by atoms with van der Waals surface area (Å²) >= 11 is 0. The zero-order chi connectivity index (χ0) is 17.8. The molecule has 0 aliphatic carbocycles. The van der Waals surface area contributed by atoms with Gasteiger partial charge in [-0.05, 0) is 30.7 Å². The van der Waals surface area contributed by atoms with Gasteiger partial charge in [0.15, 0.2) is 0 Å². The van der Waals surface area contributed by atoms with Crippen LogP contribution in [0.1, 0.15) is 24.8 Å². The molecule has 3 heterocycles. The van der Waals surface area contributed by atoms with E-state index in [4.69, 9.17) is 9.47 Å². The van der Waals surface area contributed by atoms with E-state index in [9.17, 15) is 4.79 Å². The Balaban J connectivity index is 1.32. The second-order valence-electron chi connectivity index (χ2n) is 8.06. The van der Waals surface area contributed by atoms with Crippen LogP contribution in [0.4, 0.5) is 0 Å². The van der Waals surface area contributed by atoms with Crippen LogP contribution in [0, 0.1) is 5.92 Å². The van der Waals surface area contributed by atoms with Crippen molar-refractivity contribution >= 4 is 5.91 Å². The van der Waals surface area contributed by atoms with Crippen LogP contribution < -0.4 is 0 Å². The lowest BCUT2D eigenvalue weighted by Crippen LogP contribution is -2.50. The fourth-order valence-corrected chi connectivity index (χ4v) is 4.68. The lowest BCUT2D eigenvalue weighted by Gasteiger charge is -2.40. The van der Waals surface area contributed by atoms with Crippen molar-refractivity contribution in [2.75, 3.05) is 52.5 Å². The fraction of sp³-hybridized carbons (Fsp3) is 0.667. The minimum atomic E-state index is -0.110. The molecule has 2 unspecified atom stereocenters. The van der Waals surface area contributed by atoms with Gasteiger partial charge in [-0.3, -0.25) is 9.69 Å². The molecule has 1 spiro atoms. The zero-order valence-corrected chi connectivity index (χ0v) is 15.6. The molecule has 26 heavy (non-hydrogen) atoms. The Kier molecular flexibility index (Phi) is 5.57. The van der Waals surface area contributed by atoms with E-state index >= 15 is 0 Å². The number of amides is 1. The van der Waals surface area contributed by atoms with Gasteiger partial charge in [-0.2, -0.15) is 0 Å². The van der Waals surface area contributed by atoms with Crippen molar-refractivity contribution in [3.63, 3.8) is 0 Å². The summed E-state index contributed by atoms with van der Waals surface area (Å²) in [4.78, 5) is 17.3. The van der Waals surface area contributed by atoms with Gasteiger partial charge >= 0.3 is 0 Å². The van der Waals surface area contributed by atoms with E-state index in [0.29, 0.717) is 12.3 Å². The minimum absolute atomic E-state index is 0.110. The predicted molar refractivity (Wildman–Crippen MR) is 100 cm³/mol. The molecule has 3 aliphatic heterocycles. The van der Waals surface area contributed by atoms with Gasteiger partial charge in [-0.25, -0.2) is 0 Å². The highest BCUT2D eigenvalue weighted by Crippen LogP contribution is 2.38. The Morgan fingerprint density at radius 2 is 1.96 bits per heavy atom. The van der Waals surface area contributed by atoms with E-state index in [0.717, 1.165) is 77.4 Å². The second-order valence-corrected chi connectivity index (χ2v) is 8.06. The lowest BCUT2D eigenvalue weighted by atomic mass is 9.86. The van der Waals surface area contributed by atoms with Crippen molar-refractivity contribution in [1.82, 2.24) is 9.80 Å². The normalized spacial score (nSPS) is 30.0. The third-order valence-electron chi connectivity index (χ3n) is 6.00. The van der Waals surface area contributed by atoms with Crippen LogP contribution in [0.5, 0.6) is 0 Å². The molecule has 0 radical (unpaired) electrons. The maximum absolute atomic E-state index is 12.8. The first kappa shape index (κ1) is 18.0. The first-order valence-corrected chi connectivity index (χ1v) is 9.98. The summed E-state index contributed by atoms with van der Waals surface area (Å²) < 4.78 is 11.8. The summed E-state index contributed by atoms with van der Waals surface area (Å²) in [5.74, 6) is 0.813. The number of morpholine rings is 1. The molecule has 3 fully saturated rings. The van der Waals surface area contributed by atoms with Crippen molar-refractivity contribution in [3.8, 4) is 0 Å². The molecule has 0 bridgehead atoms. The Bertz CT molecular complexity index is 603. The van der Waals surface area contributed by atoms with Crippen LogP contribution in [-0.2, 0) is 20.7 Å². The molecule has 2 atom stereocenters. The van der Waals surface area contributed by atoms with E-state index in [1.165, 1.54) is 0 Å². The largest absolute Gasteiger partial charge is 0.379 e. The number of hydrogen-bond donors (Lipinski definition) is 0. The molecule has 1 aromatic carbocycles. The van der Waals surface area contributed by atoms with Gasteiger partial charge < -0.3 is 14.4 Å². The number of piperidine rings is 1. The number of rotatable bonds is 4. The standard InChI is InChI=1S/C21H30N2O3/c24-20(13-18-5-2-1-3-6-18)23-8-4-7-21(17-23)14-19(16-26-21)15-22-9-11-25-12-10-22/h1-3,5-6,19H,4,7-17H2. The highest BCUT2D eigenvalue weighted by atomic mass is 16.5. The molecule has 3 aliphatic rings. The maximum atomic E-state index is 12.8. The van der Waals surface area contributed by atoms with Gasteiger partial charge in [0, 0.05) is 32.7 Å². The third kappa shape index (κ3) is 4.27. The SMILES string of the molecule is O=C(Cc1ccccc1)N1CCCC2(CC(CN3CCOCC3)CO2)C1. The average Bonchev–Trinajstić information content (AvgIpc) is 3.05. The molecule has 5 nitrogen and oxygen atoms in total. The van der Waals surface area contributed by atoms with Gasteiger partial charge in [0.05, 0.1) is 31.8 Å². The Hall–Kier alpha value is -1.43. The van der Waals surface area contributed by atoms with Crippen LogP contribution in [0.2, 0.25) is 0 Å². The molecule has 142 valence electrons. The quantitative estimate of drug-likeness (QED) is 0.825. The molecule has 0 saturated carbocycles. The fourth-order valence-electron chi connectivity index (χ4n) is 4.68. The van der Waals surface area contributed by atoms with E-state index in [-0.39, 0.29) is 11.5 Å². The predicted octanol–water partition coefficient (Wildman–Crippen LogP) is 1.96. The molecule has 1 aromatic rings. The summed E-state index contributed by atoms with van der Waals surface area (Å²) in [5.41, 5.74) is 0.983. The lowest BCUT2D eigenvalue weighted by molar-refractivity contribution is -0.138. The number of carbonyl (C=O) groups is 1. The van der Waals surface area contributed by atoms with Crippen LogP contribution in [0.15, 0.2) is 30.3 Å². The number of hydrogen-bond acceptors (Lipinski definition) is 4. The number of likely N-dealkylation sites (tertiary alicyclic amines) is 1. The van der Waals surface area contributed by atoms with Crippen molar-refractivity contribution in [2.45, 2.75) is 31.3 Å². The van der Waals surface area contributed by atoms with E-state index in [2.05, 4.69) is 4.90 Å². The van der Waals surface area contributed by atoms with Gasteiger partial charge in [-0.1, -0.05) is 30.3 Å². The Morgan fingerprint density at radius 3 is 2.77 bits per heavy atom. The van der Waals surface area contributed by atoms with Gasteiger partial charge in [0.1, 0.15) is 0 Å². The number of benzene rings is 1. The zero-order valence-electron chi connectivity index (χ0n) is 15.6. The maximum Gasteiger partial charge on any atom is 0.227 e. The highest BCUT2D eigenvalue weighted by molar-refractivity contribution is 5.79. The average molecular weight is 358 g/mol. The molecular weight excluding hydrogens is 328 g/mol. The monoisotopic (exact) mass is 358 g/mol. The molecule has 1 amide bonds. The Labute approximate surface area is 156 Å². The molecule has 4 rings (SSSR count).